The van der Waals surface area contributed by atoms with Crippen LogP contribution in [0, 0.1) is 12.7 Å². The maximum absolute atomic E-state index is 14.2. The van der Waals surface area contributed by atoms with Gasteiger partial charge >= 0.3 is 5.97 Å². The zero-order chi connectivity index (χ0) is 44.7. The van der Waals surface area contributed by atoms with E-state index in [9.17, 15) is 24.1 Å². The summed E-state index contributed by atoms with van der Waals surface area (Å²) in [4.78, 5) is 55.9. The number of carboxylic acids is 1. The number of carboxylic acid groups (broad SMARTS) is 1. The second-order valence-corrected chi connectivity index (χ2v) is 17.8. The number of piperazine rings is 1. The van der Waals surface area contributed by atoms with E-state index < -0.39 is 20.4 Å². The summed E-state index contributed by atoms with van der Waals surface area (Å²) in [6.07, 6.45) is 1.67. The molecule has 0 saturated carbocycles. The predicted octanol–water partition coefficient (Wildman–Crippen LogP) is 8.66. The zero-order valence-electron chi connectivity index (χ0n) is 35.0. The van der Waals surface area contributed by atoms with E-state index >= 15 is 0 Å². The van der Waals surface area contributed by atoms with Gasteiger partial charge in [-0.25, -0.2) is 29.1 Å². The van der Waals surface area contributed by atoms with Crippen LogP contribution >= 0.6 is 31.3 Å². The van der Waals surface area contributed by atoms with Crippen molar-refractivity contribution >= 4 is 47.5 Å². The van der Waals surface area contributed by atoms with Gasteiger partial charge in [-0.15, -0.1) is 11.3 Å². The average Bonchev–Trinajstić information content (AvgIpc) is 3.68. The number of para-hydroxylation sites is 1. The molecule has 0 aliphatic carbocycles. The zero-order valence-corrected chi connectivity index (χ0v) is 37.5. The molecular formula is C47H45ClFN6O7PS. The molecule has 1 saturated heterocycles. The van der Waals surface area contributed by atoms with Crippen LogP contribution in [0.1, 0.15) is 22.4 Å². The van der Waals surface area contributed by atoms with Gasteiger partial charge in [0.15, 0.2) is 14.2 Å². The highest BCUT2D eigenvalue weighted by Gasteiger charge is 2.28. The molecule has 64 heavy (non-hydrogen) atoms. The Morgan fingerprint density at radius 1 is 0.906 bits per heavy atom. The van der Waals surface area contributed by atoms with E-state index in [1.54, 1.807) is 60.8 Å². The highest BCUT2D eigenvalue weighted by molar-refractivity contribution is 7.44. The van der Waals surface area contributed by atoms with Gasteiger partial charge in [0.25, 0.3) is 0 Å². The van der Waals surface area contributed by atoms with Gasteiger partial charge in [-0.05, 0) is 72.1 Å². The largest absolute Gasteiger partial charge is 0.491 e. The molecule has 3 N–H and O–H groups in total. The number of benzene rings is 4. The number of hydrogen-bond donors (Lipinski definition) is 3. The Labute approximate surface area is 379 Å². The summed E-state index contributed by atoms with van der Waals surface area (Å²) < 4.78 is 33.0. The molecular weight excluding hydrogens is 878 g/mol. The van der Waals surface area contributed by atoms with Crippen molar-refractivity contribution in [3.05, 3.63) is 137 Å². The summed E-state index contributed by atoms with van der Waals surface area (Å²) in [5.74, 6) is -0.0612. The third-order valence-corrected chi connectivity index (χ3v) is 13.2. The number of halogens is 2. The van der Waals surface area contributed by atoms with E-state index in [2.05, 4.69) is 36.8 Å². The fraction of sp³-hybridized carbons (Fsp3) is 0.255. The third kappa shape index (κ3) is 10.6. The van der Waals surface area contributed by atoms with Gasteiger partial charge in [-0.3, -0.25) is 4.90 Å². The number of thiophene rings is 1. The summed E-state index contributed by atoms with van der Waals surface area (Å²) in [5.41, 5.74) is 5.57. The van der Waals surface area contributed by atoms with Crippen LogP contribution < -0.4 is 14.2 Å². The fourth-order valence-corrected chi connectivity index (χ4v) is 9.38. The molecule has 4 heterocycles. The molecule has 0 amide bonds. The Morgan fingerprint density at radius 2 is 1.66 bits per heavy atom. The molecule has 1 aliphatic heterocycles. The van der Waals surface area contributed by atoms with Crippen LogP contribution in [0.5, 0.6) is 17.4 Å². The number of nitrogens with zero attached hydrogens (tertiary/aromatic N) is 6. The van der Waals surface area contributed by atoms with Gasteiger partial charge in [0.05, 0.1) is 16.1 Å². The number of fused-ring (bicyclic) bond motifs is 1. The molecule has 0 bridgehead atoms. The number of ether oxygens (including phenoxy) is 3. The second-order valence-electron chi connectivity index (χ2n) is 15.4. The van der Waals surface area contributed by atoms with Crippen molar-refractivity contribution < 1.29 is 38.3 Å². The van der Waals surface area contributed by atoms with E-state index in [1.165, 1.54) is 29.8 Å². The average molecular weight is 923 g/mol. The van der Waals surface area contributed by atoms with E-state index in [-0.39, 0.29) is 30.9 Å². The highest BCUT2D eigenvalue weighted by atomic mass is 35.5. The summed E-state index contributed by atoms with van der Waals surface area (Å²) in [6.45, 7) is 7.18. The number of aromatic nitrogens is 4. The molecule has 1 unspecified atom stereocenters. The third-order valence-electron chi connectivity index (χ3n) is 11.0. The lowest BCUT2D eigenvalue weighted by atomic mass is 9.96. The van der Waals surface area contributed by atoms with Gasteiger partial charge in [0.1, 0.15) is 41.7 Å². The van der Waals surface area contributed by atoms with Crippen LogP contribution in [-0.2, 0) is 24.0 Å². The number of likely N-dealkylation sites (N-methyl/N-ethyl adjacent to an activating group) is 1. The predicted molar refractivity (Wildman–Crippen MR) is 246 cm³/mol. The molecule has 0 spiro atoms. The molecule has 0 radical (unpaired) electrons. The minimum atomic E-state index is -2.04. The van der Waals surface area contributed by atoms with Crippen molar-refractivity contribution in [1.82, 2.24) is 29.7 Å². The monoisotopic (exact) mass is 922 g/mol. The molecule has 1 fully saturated rings. The van der Waals surface area contributed by atoms with Gasteiger partial charge < -0.3 is 34.0 Å². The maximum atomic E-state index is 14.2. The molecule has 8 rings (SSSR count). The Kier molecular flexibility index (Phi) is 14.4. The lowest BCUT2D eigenvalue weighted by Gasteiger charge is -2.32. The molecule has 1 aliphatic rings. The van der Waals surface area contributed by atoms with Crippen LogP contribution in [0.4, 0.5) is 4.39 Å². The van der Waals surface area contributed by atoms with E-state index in [0.717, 1.165) is 65.4 Å². The van der Waals surface area contributed by atoms with E-state index in [1.807, 2.05) is 31.2 Å². The van der Waals surface area contributed by atoms with E-state index in [4.69, 9.17) is 25.8 Å². The fourth-order valence-electron chi connectivity index (χ4n) is 7.47. The van der Waals surface area contributed by atoms with Crippen molar-refractivity contribution in [3.63, 3.8) is 0 Å². The number of hydrogen-bond acceptors (Lipinski definition) is 13. The Bertz CT molecular complexity index is 2740. The molecule has 4 aromatic carbocycles. The van der Waals surface area contributed by atoms with Gasteiger partial charge in [-0.2, -0.15) is 0 Å². The molecule has 1 atom stereocenters. The maximum Gasteiger partial charge on any atom is 0.345 e. The number of rotatable bonds is 17. The van der Waals surface area contributed by atoms with Crippen molar-refractivity contribution in [2.45, 2.75) is 32.2 Å². The quantitative estimate of drug-likeness (QED) is 0.0745. The van der Waals surface area contributed by atoms with E-state index in [0.29, 0.717) is 56.0 Å². The smallest absolute Gasteiger partial charge is 0.345 e. The lowest BCUT2D eigenvalue weighted by Crippen LogP contribution is -2.45. The normalized spacial score (nSPS) is 13.9. The minimum Gasteiger partial charge on any atom is -0.491 e. The summed E-state index contributed by atoms with van der Waals surface area (Å²) in [6, 6.07) is 26.0. The minimum absolute atomic E-state index is 0.0634. The Morgan fingerprint density at radius 3 is 2.41 bits per heavy atom. The van der Waals surface area contributed by atoms with Crippen LogP contribution in [0.25, 0.3) is 43.2 Å². The number of aliphatic carboxylic acids is 1. The van der Waals surface area contributed by atoms with Crippen molar-refractivity contribution in [1.29, 1.82) is 0 Å². The topological polar surface area (TPSA) is 163 Å². The molecule has 330 valence electrons. The summed E-state index contributed by atoms with van der Waals surface area (Å²) in [5, 5.41) is 11.5. The molecule has 3 aromatic heterocycles. The Hall–Kier alpha value is -5.64. The summed E-state index contributed by atoms with van der Waals surface area (Å²) >= 11 is 8.41. The molecule has 13 nitrogen and oxygen atoms in total. The van der Waals surface area contributed by atoms with Crippen molar-refractivity contribution in [2.75, 3.05) is 46.4 Å². The van der Waals surface area contributed by atoms with Gasteiger partial charge in [0, 0.05) is 67.5 Å². The Balaban J connectivity index is 1.06. The van der Waals surface area contributed by atoms with Crippen LogP contribution in [0.2, 0.25) is 5.02 Å². The van der Waals surface area contributed by atoms with Gasteiger partial charge in [0.2, 0.25) is 12.0 Å². The first-order chi connectivity index (χ1) is 31.0. The van der Waals surface area contributed by atoms with Gasteiger partial charge in [-0.1, -0.05) is 72.3 Å². The standard InChI is InChI=1S/C47H45ClFN6O7PS/c1-29-36(15-16-38(42(29)48)60-24-23-55-21-19-54(2)20-22-55)40-41-45(51-28-52-46(41)64-43(40)31-11-13-34(49)14-12-31)62-39(47(56)57)25-33-5-3-4-6-37(33)61-26-35-17-18-50-44(53-35)32-9-7-30(8-10-32)27-63(58)59/h3-18,28,39,58-59H,19-27H2,1-2H3,(H,56,57). The molecule has 17 heteroatoms. The first-order valence-electron chi connectivity index (χ1n) is 20.5. The lowest BCUT2D eigenvalue weighted by molar-refractivity contribution is -0.145. The SMILES string of the molecule is Cc1c(-c2c(-c3ccc(F)cc3)sc3ncnc(OC(Cc4ccccc4OCc4ccnc(-c5ccc(CP(O)O)cc5)n4)C(=O)O)c23)ccc(OCCN2CCN(C)CC2)c1Cl. The number of carbonyl (C=O) groups is 1. The highest BCUT2D eigenvalue weighted by Crippen LogP contribution is 2.49. The first kappa shape index (κ1) is 44.9. The van der Waals surface area contributed by atoms with Crippen molar-refractivity contribution in [2.24, 2.45) is 0 Å². The van der Waals surface area contributed by atoms with Crippen LogP contribution in [0.3, 0.4) is 0 Å². The first-order valence-corrected chi connectivity index (χ1v) is 23.2. The van der Waals surface area contributed by atoms with Crippen LogP contribution in [0.15, 0.2) is 104 Å². The van der Waals surface area contributed by atoms with Crippen molar-refractivity contribution in [3.8, 4) is 50.3 Å². The summed E-state index contributed by atoms with van der Waals surface area (Å²) in [7, 11) is 0.0787. The van der Waals surface area contributed by atoms with Crippen LogP contribution in [-0.4, -0.2) is 103 Å². The second kappa shape index (κ2) is 20.5. The molecule has 7 aromatic rings.